The molecule has 3 nitrogen and oxygen atoms in total. The third-order valence-corrected chi connectivity index (χ3v) is 4.47. The van der Waals surface area contributed by atoms with Crippen LogP contribution in [0.15, 0.2) is 84.6 Å². The second kappa shape index (κ2) is 7.28. The zero-order chi connectivity index (χ0) is 17.8. The number of ketones is 1. The van der Waals surface area contributed by atoms with Crippen molar-refractivity contribution in [1.29, 1.82) is 0 Å². The normalized spacial score (nSPS) is 14.3. The van der Waals surface area contributed by atoms with Gasteiger partial charge in [0.05, 0.1) is 22.9 Å². The topological polar surface area (TPSA) is 42.9 Å². The Hall–Kier alpha value is -3.33. The quantitative estimate of drug-likeness (QED) is 0.628. The van der Waals surface area contributed by atoms with Crippen LogP contribution >= 0.6 is 0 Å². The van der Waals surface area contributed by atoms with Crippen LogP contribution in [0.25, 0.3) is 22.7 Å². The molecular formula is C23H18N2O. The zero-order valence-corrected chi connectivity index (χ0v) is 14.3. The van der Waals surface area contributed by atoms with Gasteiger partial charge < -0.3 is 0 Å². The van der Waals surface area contributed by atoms with Crippen LogP contribution in [0.4, 0.5) is 0 Å². The molecule has 0 unspecified atom stereocenters. The van der Waals surface area contributed by atoms with Gasteiger partial charge in [0.15, 0.2) is 5.78 Å². The fourth-order valence-corrected chi connectivity index (χ4v) is 3.01. The van der Waals surface area contributed by atoms with Gasteiger partial charge in [0, 0.05) is 0 Å². The van der Waals surface area contributed by atoms with Crippen LogP contribution in [0, 0.1) is 0 Å². The fraction of sp³-hybridized carbons (Fsp3) is 0.0870. The molecule has 126 valence electrons. The molecule has 0 N–H and O–H groups in total. The summed E-state index contributed by atoms with van der Waals surface area (Å²) >= 11 is 0. The maximum absolute atomic E-state index is 12.4. The fourth-order valence-electron chi connectivity index (χ4n) is 3.01. The summed E-state index contributed by atoms with van der Waals surface area (Å²) in [4.78, 5) is 21.5. The molecule has 4 rings (SSSR count). The summed E-state index contributed by atoms with van der Waals surface area (Å²) in [5, 5.41) is 0. The van der Waals surface area contributed by atoms with E-state index >= 15 is 0 Å². The second-order valence-corrected chi connectivity index (χ2v) is 6.24. The highest BCUT2D eigenvalue weighted by Gasteiger charge is 2.14. The van der Waals surface area contributed by atoms with Crippen molar-refractivity contribution in [3.63, 3.8) is 0 Å². The molecule has 0 bridgehead atoms. The monoisotopic (exact) mass is 338 g/mol. The van der Waals surface area contributed by atoms with Crippen molar-refractivity contribution in [3.8, 4) is 0 Å². The molecule has 1 aliphatic carbocycles. The number of hydrogen-bond acceptors (Lipinski definition) is 3. The Kier molecular flexibility index (Phi) is 4.52. The van der Waals surface area contributed by atoms with E-state index in [0.717, 1.165) is 46.3 Å². The van der Waals surface area contributed by atoms with E-state index in [1.165, 1.54) is 0 Å². The number of carbonyl (C=O) groups is 1. The van der Waals surface area contributed by atoms with E-state index < -0.39 is 0 Å². The lowest BCUT2D eigenvalue weighted by Crippen LogP contribution is -2.03. The van der Waals surface area contributed by atoms with Crippen LogP contribution in [0.1, 0.15) is 24.1 Å². The van der Waals surface area contributed by atoms with Gasteiger partial charge in [0.2, 0.25) is 0 Å². The Balaban J connectivity index is 1.53. The Morgan fingerprint density at radius 3 is 2.42 bits per heavy atom. The Morgan fingerprint density at radius 1 is 0.885 bits per heavy atom. The number of benzene rings is 2. The van der Waals surface area contributed by atoms with E-state index in [0.29, 0.717) is 0 Å². The summed E-state index contributed by atoms with van der Waals surface area (Å²) in [5.74, 6) is 0.0637. The molecule has 2 aromatic carbocycles. The molecule has 0 atom stereocenters. The average Bonchev–Trinajstić information content (AvgIpc) is 2.72. The lowest BCUT2D eigenvalue weighted by Gasteiger charge is -2.13. The number of hydrogen-bond donors (Lipinski definition) is 0. The molecule has 3 heteroatoms. The molecule has 1 aromatic heterocycles. The highest BCUT2D eigenvalue weighted by molar-refractivity contribution is 6.07. The maximum atomic E-state index is 12.4. The summed E-state index contributed by atoms with van der Waals surface area (Å²) in [7, 11) is 0. The predicted octanol–water partition coefficient (Wildman–Crippen LogP) is 5.02. The molecule has 1 heterocycles. The van der Waals surface area contributed by atoms with Gasteiger partial charge in [-0.25, -0.2) is 4.98 Å². The number of fused-ring (bicyclic) bond motifs is 1. The molecule has 0 spiro atoms. The van der Waals surface area contributed by atoms with E-state index in [1.54, 1.807) is 6.08 Å². The largest absolute Gasteiger partial charge is 0.290 e. The lowest BCUT2D eigenvalue weighted by molar-refractivity contribution is -0.111. The van der Waals surface area contributed by atoms with Gasteiger partial charge in [-0.3, -0.25) is 9.78 Å². The SMILES string of the molecule is O=C(/C=C/c1ccccc1)C1=CC=C(c2cnc3ccccc3n2)CC1. The van der Waals surface area contributed by atoms with E-state index in [4.69, 9.17) is 0 Å². The minimum atomic E-state index is 0.0637. The van der Waals surface area contributed by atoms with E-state index in [9.17, 15) is 4.79 Å². The van der Waals surface area contributed by atoms with Crippen molar-refractivity contribution in [2.45, 2.75) is 12.8 Å². The summed E-state index contributed by atoms with van der Waals surface area (Å²) < 4.78 is 0. The van der Waals surface area contributed by atoms with Crippen LogP contribution in [-0.2, 0) is 4.79 Å². The minimum Gasteiger partial charge on any atom is -0.290 e. The molecule has 1 aliphatic rings. The Bertz CT molecular complexity index is 1050. The minimum absolute atomic E-state index is 0.0637. The summed E-state index contributed by atoms with van der Waals surface area (Å²) in [6, 6.07) is 17.7. The molecule has 26 heavy (non-hydrogen) atoms. The van der Waals surface area contributed by atoms with Crippen molar-refractivity contribution in [2.75, 3.05) is 0 Å². The number of aromatic nitrogens is 2. The Labute approximate surface area is 152 Å². The van der Waals surface area contributed by atoms with Gasteiger partial charge in [0.1, 0.15) is 0 Å². The molecule has 3 aromatic rings. The third kappa shape index (κ3) is 3.52. The lowest BCUT2D eigenvalue weighted by atomic mass is 9.93. The van der Waals surface area contributed by atoms with E-state index in [2.05, 4.69) is 9.97 Å². The smallest absolute Gasteiger partial charge is 0.181 e. The number of para-hydroxylation sites is 2. The zero-order valence-electron chi connectivity index (χ0n) is 14.3. The molecular weight excluding hydrogens is 320 g/mol. The van der Waals surface area contributed by atoms with Gasteiger partial charge >= 0.3 is 0 Å². The van der Waals surface area contributed by atoms with Gasteiger partial charge in [-0.15, -0.1) is 0 Å². The van der Waals surface area contributed by atoms with Crippen LogP contribution in [0.5, 0.6) is 0 Å². The number of carbonyl (C=O) groups excluding carboxylic acids is 1. The van der Waals surface area contributed by atoms with Crippen molar-refractivity contribution in [1.82, 2.24) is 9.97 Å². The van der Waals surface area contributed by atoms with Gasteiger partial charge in [-0.05, 0) is 47.8 Å². The maximum Gasteiger partial charge on any atom is 0.181 e. The van der Waals surface area contributed by atoms with Crippen LogP contribution in [-0.4, -0.2) is 15.8 Å². The first-order valence-electron chi connectivity index (χ1n) is 8.69. The highest BCUT2D eigenvalue weighted by Crippen LogP contribution is 2.27. The van der Waals surface area contributed by atoms with Gasteiger partial charge in [-0.1, -0.05) is 60.7 Å². The molecule has 0 saturated carbocycles. The van der Waals surface area contributed by atoms with Crippen LogP contribution in [0.2, 0.25) is 0 Å². The van der Waals surface area contributed by atoms with Gasteiger partial charge in [0.25, 0.3) is 0 Å². The second-order valence-electron chi connectivity index (χ2n) is 6.24. The van der Waals surface area contributed by atoms with Crippen molar-refractivity contribution < 1.29 is 4.79 Å². The Morgan fingerprint density at radius 2 is 1.65 bits per heavy atom. The van der Waals surface area contributed by atoms with Crippen molar-refractivity contribution in [3.05, 3.63) is 95.9 Å². The molecule has 0 aliphatic heterocycles. The predicted molar refractivity (Wildman–Crippen MR) is 105 cm³/mol. The number of nitrogens with zero attached hydrogens (tertiary/aromatic N) is 2. The third-order valence-electron chi connectivity index (χ3n) is 4.47. The van der Waals surface area contributed by atoms with Crippen molar-refractivity contribution >= 4 is 28.5 Å². The van der Waals surface area contributed by atoms with E-state index in [1.807, 2.05) is 79.0 Å². The van der Waals surface area contributed by atoms with Gasteiger partial charge in [-0.2, -0.15) is 0 Å². The highest BCUT2D eigenvalue weighted by atomic mass is 16.1. The van der Waals surface area contributed by atoms with Crippen LogP contribution in [0.3, 0.4) is 0 Å². The summed E-state index contributed by atoms with van der Waals surface area (Å²) in [6.45, 7) is 0. The molecule has 0 fully saturated rings. The molecule has 0 radical (unpaired) electrons. The first-order valence-corrected chi connectivity index (χ1v) is 8.69. The average molecular weight is 338 g/mol. The standard InChI is InChI=1S/C23H18N2O/c26-23(15-10-17-6-2-1-3-7-17)19-13-11-18(12-14-19)22-16-24-20-8-4-5-9-21(20)25-22/h1-11,13,15-16H,12,14H2/b15-10+. The first kappa shape index (κ1) is 16.2. The molecule has 0 saturated heterocycles. The van der Waals surface area contributed by atoms with E-state index in [-0.39, 0.29) is 5.78 Å². The number of rotatable bonds is 4. The first-order chi connectivity index (χ1) is 12.8. The number of allylic oxidation sites excluding steroid dienone is 5. The van der Waals surface area contributed by atoms with Crippen LogP contribution < -0.4 is 0 Å². The molecule has 0 amide bonds. The van der Waals surface area contributed by atoms with Crippen molar-refractivity contribution in [2.24, 2.45) is 0 Å². The summed E-state index contributed by atoms with van der Waals surface area (Å²) in [6.07, 6.45) is 10.7. The summed E-state index contributed by atoms with van der Waals surface area (Å²) in [5.41, 5.74) is 5.64.